The Labute approximate surface area is 135 Å². The number of rotatable bonds is 4. The molecule has 116 valence electrons. The van der Waals surface area contributed by atoms with Crippen LogP contribution in [0.5, 0.6) is 5.75 Å². The van der Waals surface area contributed by atoms with Crippen molar-refractivity contribution in [2.45, 2.75) is 13.0 Å². The highest BCUT2D eigenvalue weighted by atomic mass is 16.5. The summed E-state index contributed by atoms with van der Waals surface area (Å²) in [7, 11) is 1.62. The maximum absolute atomic E-state index is 12.4. The molecule has 4 heteroatoms. The molecule has 0 radical (unpaired) electrons. The summed E-state index contributed by atoms with van der Waals surface area (Å²) in [5.41, 5.74) is 2.20. The minimum Gasteiger partial charge on any atom is -0.496 e. The maximum Gasteiger partial charge on any atom is 0.270 e. The molecule has 3 aromatic rings. The average molecular weight is 306 g/mol. The van der Waals surface area contributed by atoms with E-state index in [4.69, 9.17) is 4.74 Å². The van der Waals surface area contributed by atoms with Crippen LogP contribution in [0.15, 0.2) is 60.7 Å². The first-order chi connectivity index (χ1) is 11.2. The van der Waals surface area contributed by atoms with Gasteiger partial charge in [-0.25, -0.2) is 4.98 Å². The van der Waals surface area contributed by atoms with Gasteiger partial charge in [0.1, 0.15) is 11.4 Å². The van der Waals surface area contributed by atoms with Crippen LogP contribution in [0.1, 0.15) is 29.0 Å². The van der Waals surface area contributed by atoms with Crippen LogP contribution in [0.4, 0.5) is 0 Å². The standard InChI is InChI=1S/C19H18N2O2/c1-13(14-7-4-3-5-8-14)20-19(22)17-12-11-15-16(21-17)9-6-10-18(15)23-2/h3-13H,1-2H3,(H,20,22)/t13-/m0/s1. The van der Waals surface area contributed by atoms with Gasteiger partial charge in [-0.15, -0.1) is 0 Å². The Hall–Kier alpha value is -2.88. The molecule has 0 aliphatic rings. The first-order valence-electron chi connectivity index (χ1n) is 7.48. The van der Waals surface area contributed by atoms with Crippen LogP contribution in [0.2, 0.25) is 0 Å². The second kappa shape index (κ2) is 6.48. The van der Waals surface area contributed by atoms with Gasteiger partial charge in [0.2, 0.25) is 0 Å². The molecule has 4 nitrogen and oxygen atoms in total. The van der Waals surface area contributed by atoms with Gasteiger partial charge < -0.3 is 10.1 Å². The molecular weight excluding hydrogens is 288 g/mol. The Morgan fingerprint density at radius 3 is 2.57 bits per heavy atom. The summed E-state index contributed by atoms with van der Waals surface area (Å²) in [5.74, 6) is 0.561. The van der Waals surface area contributed by atoms with Crippen molar-refractivity contribution < 1.29 is 9.53 Å². The van der Waals surface area contributed by atoms with Crippen LogP contribution in [0, 0.1) is 0 Å². The zero-order chi connectivity index (χ0) is 16.2. The summed E-state index contributed by atoms with van der Waals surface area (Å²) >= 11 is 0. The molecular formula is C19H18N2O2. The SMILES string of the molecule is COc1cccc2nc(C(=O)N[C@@H](C)c3ccccc3)ccc12. The number of hydrogen-bond donors (Lipinski definition) is 1. The predicted octanol–water partition coefficient (Wildman–Crippen LogP) is 3.73. The molecule has 0 unspecified atom stereocenters. The van der Waals surface area contributed by atoms with E-state index in [1.165, 1.54) is 0 Å². The minimum atomic E-state index is -0.189. The topological polar surface area (TPSA) is 51.2 Å². The van der Waals surface area contributed by atoms with Crippen LogP contribution in [-0.2, 0) is 0 Å². The molecule has 1 N–H and O–H groups in total. The molecule has 0 aliphatic carbocycles. The number of nitrogens with zero attached hydrogens (tertiary/aromatic N) is 1. The van der Waals surface area contributed by atoms with E-state index in [2.05, 4.69) is 10.3 Å². The largest absolute Gasteiger partial charge is 0.496 e. The molecule has 2 aromatic carbocycles. The Bertz CT molecular complexity index is 831. The summed E-state index contributed by atoms with van der Waals surface area (Å²) < 4.78 is 5.31. The second-order valence-electron chi connectivity index (χ2n) is 5.33. The van der Waals surface area contributed by atoms with Gasteiger partial charge in [0.05, 0.1) is 18.7 Å². The third-order valence-corrected chi connectivity index (χ3v) is 3.79. The van der Waals surface area contributed by atoms with Crippen molar-refractivity contribution in [3.8, 4) is 5.75 Å². The number of nitrogens with one attached hydrogen (secondary N) is 1. The van der Waals surface area contributed by atoms with Gasteiger partial charge in [-0.1, -0.05) is 36.4 Å². The zero-order valence-corrected chi connectivity index (χ0v) is 13.1. The van der Waals surface area contributed by atoms with E-state index in [1.807, 2.05) is 61.5 Å². The number of carbonyl (C=O) groups excluding carboxylic acids is 1. The molecule has 0 bridgehead atoms. The maximum atomic E-state index is 12.4. The highest BCUT2D eigenvalue weighted by Gasteiger charge is 2.13. The molecule has 3 rings (SSSR count). The molecule has 0 spiro atoms. The smallest absolute Gasteiger partial charge is 0.270 e. The number of methoxy groups -OCH3 is 1. The van der Waals surface area contributed by atoms with E-state index in [0.29, 0.717) is 5.69 Å². The third kappa shape index (κ3) is 3.16. The van der Waals surface area contributed by atoms with E-state index in [1.54, 1.807) is 13.2 Å². The van der Waals surface area contributed by atoms with Gasteiger partial charge in [0.25, 0.3) is 5.91 Å². The van der Waals surface area contributed by atoms with Crippen molar-refractivity contribution in [1.82, 2.24) is 10.3 Å². The number of amides is 1. The van der Waals surface area contributed by atoms with Crippen LogP contribution in [0.3, 0.4) is 0 Å². The number of ether oxygens (including phenoxy) is 1. The number of benzene rings is 2. The van der Waals surface area contributed by atoms with E-state index < -0.39 is 0 Å². The Morgan fingerprint density at radius 2 is 1.83 bits per heavy atom. The van der Waals surface area contributed by atoms with Crippen LogP contribution < -0.4 is 10.1 Å². The van der Waals surface area contributed by atoms with Crippen LogP contribution in [-0.4, -0.2) is 18.0 Å². The Balaban J connectivity index is 1.84. The van der Waals surface area contributed by atoms with E-state index in [0.717, 1.165) is 22.2 Å². The number of aromatic nitrogens is 1. The summed E-state index contributed by atoms with van der Waals surface area (Å²) in [6.45, 7) is 1.96. The van der Waals surface area contributed by atoms with Crippen molar-refractivity contribution in [3.63, 3.8) is 0 Å². The summed E-state index contributed by atoms with van der Waals surface area (Å²) in [6, 6.07) is 19.0. The van der Waals surface area contributed by atoms with Gasteiger partial charge in [-0.3, -0.25) is 4.79 Å². The van der Waals surface area contributed by atoms with Gasteiger partial charge in [-0.2, -0.15) is 0 Å². The first kappa shape index (κ1) is 15.0. The van der Waals surface area contributed by atoms with Crippen molar-refractivity contribution in [1.29, 1.82) is 0 Å². The predicted molar refractivity (Wildman–Crippen MR) is 90.6 cm³/mol. The van der Waals surface area contributed by atoms with Gasteiger partial charge in [0.15, 0.2) is 0 Å². The number of fused-ring (bicyclic) bond motifs is 1. The third-order valence-electron chi connectivity index (χ3n) is 3.79. The molecule has 1 atom stereocenters. The normalized spacial score (nSPS) is 11.9. The average Bonchev–Trinajstić information content (AvgIpc) is 2.61. The zero-order valence-electron chi connectivity index (χ0n) is 13.1. The Morgan fingerprint density at radius 1 is 1.04 bits per heavy atom. The van der Waals surface area contributed by atoms with Crippen LogP contribution in [0.25, 0.3) is 10.9 Å². The van der Waals surface area contributed by atoms with E-state index in [9.17, 15) is 4.79 Å². The second-order valence-corrected chi connectivity index (χ2v) is 5.33. The molecule has 1 amide bonds. The highest BCUT2D eigenvalue weighted by molar-refractivity contribution is 5.96. The molecule has 1 heterocycles. The lowest BCUT2D eigenvalue weighted by molar-refractivity contribution is 0.0935. The molecule has 1 aromatic heterocycles. The molecule has 0 saturated carbocycles. The van der Waals surface area contributed by atoms with Crippen molar-refractivity contribution >= 4 is 16.8 Å². The van der Waals surface area contributed by atoms with Crippen LogP contribution >= 0.6 is 0 Å². The van der Waals surface area contributed by atoms with Gasteiger partial charge in [-0.05, 0) is 36.8 Å². The lowest BCUT2D eigenvalue weighted by atomic mass is 10.1. The van der Waals surface area contributed by atoms with E-state index in [-0.39, 0.29) is 11.9 Å². The van der Waals surface area contributed by atoms with Crippen molar-refractivity contribution in [3.05, 3.63) is 71.9 Å². The molecule has 0 saturated heterocycles. The summed E-state index contributed by atoms with van der Waals surface area (Å²) in [6.07, 6.45) is 0. The summed E-state index contributed by atoms with van der Waals surface area (Å²) in [5, 5.41) is 3.86. The molecule has 23 heavy (non-hydrogen) atoms. The monoisotopic (exact) mass is 306 g/mol. The fourth-order valence-electron chi connectivity index (χ4n) is 2.53. The number of carbonyl (C=O) groups is 1. The molecule has 0 fully saturated rings. The highest BCUT2D eigenvalue weighted by Crippen LogP contribution is 2.24. The lowest BCUT2D eigenvalue weighted by Gasteiger charge is -2.14. The fourth-order valence-corrected chi connectivity index (χ4v) is 2.53. The van der Waals surface area contributed by atoms with Crippen molar-refractivity contribution in [2.75, 3.05) is 7.11 Å². The quantitative estimate of drug-likeness (QED) is 0.799. The summed E-state index contributed by atoms with van der Waals surface area (Å²) in [4.78, 5) is 16.9. The lowest BCUT2D eigenvalue weighted by Crippen LogP contribution is -2.27. The van der Waals surface area contributed by atoms with Crippen molar-refractivity contribution in [2.24, 2.45) is 0 Å². The van der Waals surface area contributed by atoms with Gasteiger partial charge in [0, 0.05) is 5.39 Å². The number of pyridine rings is 1. The molecule has 0 aliphatic heterocycles. The fraction of sp³-hybridized carbons (Fsp3) is 0.158. The van der Waals surface area contributed by atoms with E-state index >= 15 is 0 Å². The Kier molecular flexibility index (Phi) is 4.24. The van der Waals surface area contributed by atoms with Gasteiger partial charge >= 0.3 is 0 Å². The number of hydrogen-bond acceptors (Lipinski definition) is 3. The minimum absolute atomic E-state index is 0.0773. The first-order valence-corrected chi connectivity index (χ1v) is 7.48.